The topological polar surface area (TPSA) is 34.1 Å². The third kappa shape index (κ3) is 4.07. The Bertz CT molecular complexity index is 579. The molecular weight excluding hydrogens is 248 g/mol. The molecule has 1 N–H and O–H groups in total. The van der Waals surface area contributed by atoms with Gasteiger partial charge in [0.1, 0.15) is 11.5 Å². The average Bonchev–Trinajstić information content (AvgIpc) is 2.41. The summed E-state index contributed by atoms with van der Waals surface area (Å²) in [5.41, 5.74) is 3.49. The number of aryl methyl sites for hydroxylation is 2. The Kier molecular flexibility index (Phi) is 4.74. The minimum absolute atomic E-state index is 0.445. The summed E-state index contributed by atoms with van der Waals surface area (Å²) in [6.45, 7) is 9.18. The van der Waals surface area contributed by atoms with E-state index in [0.717, 1.165) is 23.7 Å². The molecule has 2 rings (SSSR count). The Morgan fingerprint density at radius 1 is 1.05 bits per heavy atom. The molecule has 1 aromatic carbocycles. The van der Waals surface area contributed by atoms with Gasteiger partial charge in [0.05, 0.1) is 5.69 Å². The SMILES string of the molecule is Cc1ccc(Oc2ccnc(CNC(C)C)c2)cc1C. The summed E-state index contributed by atoms with van der Waals surface area (Å²) >= 11 is 0. The van der Waals surface area contributed by atoms with Crippen molar-refractivity contribution in [2.75, 3.05) is 0 Å². The fourth-order valence-electron chi connectivity index (χ4n) is 1.84. The molecule has 1 heterocycles. The van der Waals surface area contributed by atoms with E-state index in [0.29, 0.717) is 6.04 Å². The summed E-state index contributed by atoms with van der Waals surface area (Å²) in [4.78, 5) is 4.34. The first-order valence-electron chi connectivity index (χ1n) is 6.98. The molecule has 0 unspecified atom stereocenters. The maximum absolute atomic E-state index is 5.89. The molecule has 3 heteroatoms. The van der Waals surface area contributed by atoms with Crippen LogP contribution in [0.4, 0.5) is 0 Å². The van der Waals surface area contributed by atoms with Crippen LogP contribution in [0.15, 0.2) is 36.5 Å². The number of nitrogens with one attached hydrogen (secondary N) is 1. The number of pyridine rings is 1. The largest absolute Gasteiger partial charge is 0.457 e. The molecule has 0 bridgehead atoms. The fourth-order valence-corrected chi connectivity index (χ4v) is 1.84. The van der Waals surface area contributed by atoms with Crippen LogP contribution in [-0.2, 0) is 6.54 Å². The van der Waals surface area contributed by atoms with E-state index >= 15 is 0 Å². The molecule has 0 amide bonds. The molecule has 0 spiro atoms. The molecule has 0 radical (unpaired) electrons. The van der Waals surface area contributed by atoms with E-state index < -0.39 is 0 Å². The van der Waals surface area contributed by atoms with E-state index in [1.54, 1.807) is 6.20 Å². The molecule has 0 aliphatic heterocycles. The van der Waals surface area contributed by atoms with E-state index in [1.807, 2.05) is 18.2 Å². The molecule has 0 saturated heterocycles. The fraction of sp³-hybridized carbons (Fsp3) is 0.353. The van der Waals surface area contributed by atoms with Gasteiger partial charge >= 0.3 is 0 Å². The summed E-state index contributed by atoms with van der Waals surface area (Å²) in [5, 5.41) is 3.35. The number of rotatable bonds is 5. The van der Waals surface area contributed by atoms with Crippen LogP contribution < -0.4 is 10.1 Å². The second kappa shape index (κ2) is 6.53. The van der Waals surface area contributed by atoms with E-state index in [9.17, 15) is 0 Å². The summed E-state index contributed by atoms with van der Waals surface area (Å²) in [7, 11) is 0. The quantitative estimate of drug-likeness (QED) is 0.892. The van der Waals surface area contributed by atoms with Crippen LogP contribution in [0, 0.1) is 13.8 Å². The van der Waals surface area contributed by atoms with Crippen LogP contribution in [0.1, 0.15) is 30.7 Å². The summed E-state index contributed by atoms with van der Waals surface area (Å²) in [5.74, 6) is 1.69. The van der Waals surface area contributed by atoms with Crippen LogP contribution >= 0.6 is 0 Å². The van der Waals surface area contributed by atoms with Crippen molar-refractivity contribution in [3.63, 3.8) is 0 Å². The van der Waals surface area contributed by atoms with Crippen LogP contribution in [-0.4, -0.2) is 11.0 Å². The van der Waals surface area contributed by atoms with E-state index in [2.05, 4.69) is 50.1 Å². The third-order valence-corrected chi connectivity index (χ3v) is 3.19. The first-order chi connectivity index (χ1) is 9.54. The Hall–Kier alpha value is -1.87. The van der Waals surface area contributed by atoms with Crippen molar-refractivity contribution in [2.24, 2.45) is 0 Å². The van der Waals surface area contributed by atoms with Gasteiger partial charge in [0.15, 0.2) is 0 Å². The molecule has 0 aliphatic carbocycles. The first-order valence-corrected chi connectivity index (χ1v) is 6.98. The number of ether oxygens (including phenoxy) is 1. The smallest absolute Gasteiger partial charge is 0.130 e. The van der Waals surface area contributed by atoms with Gasteiger partial charge in [-0.1, -0.05) is 19.9 Å². The molecule has 0 atom stereocenters. The van der Waals surface area contributed by atoms with Crippen molar-refractivity contribution in [3.05, 3.63) is 53.3 Å². The summed E-state index contributed by atoms with van der Waals surface area (Å²) < 4.78 is 5.89. The second-order valence-electron chi connectivity index (χ2n) is 5.37. The normalized spacial score (nSPS) is 10.8. The monoisotopic (exact) mass is 270 g/mol. The highest BCUT2D eigenvalue weighted by Gasteiger charge is 2.02. The predicted octanol–water partition coefficient (Wildman–Crippen LogP) is 3.99. The zero-order valence-electron chi connectivity index (χ0n) is 12.6. The minimum atomic E-state index is 0.445. The molecule has 0 aliphatic rings. The minimum Gasteiger partial charge on any atom is -0.457 e. The van der Waals surface area contributed by atoms with Crippen molar-refractivity contribution < 1.29 is 4.74 Å². The van der Waals surface area contributed by atoms with E-state index in [4.69, 9.17) is 4.74 Å². The van der Waals surface area contributed by atoms with Crippen LogP contribution in [0.5, 0.6) is 11.5 Å². The number of benzene rings is 1. The highest BCUT2D eigenvalue weighted by atomic mass is 16.5. The maximum atomic E-state index is 5.89. The molecular formula is C17H22N2O. The predicted molar refractivity (Wildman–Crippen MR) is 82.2 cm³/mol. The van der Waals surface area contributed by atoms with Gasteiger partial charge in [-0.15, -0.1) is 0 Å². The maximum Gasteiger partial charge on any atom is 0.130 e. The Labute approximate surface area is 121 Å². The van der Waals surface area contributed by atoms with E-state index in [1.165, 1.54) is 11.1 Å². The number of hydrogen-bond acceptors (Lipinski definition) is 3. The number of nitrogens with zero attached hydrogens (tertiary/aromatic N) is 1. The number of aromatic nitrogens is 1. The van der Waals surface area contributed by atoms with Gasteiger partial charge < -0.3 is 10.1 Å². The summed E-state index contributed by atoms with van der Waals surface area (Å²) in [6, 6.07) is 10.4. The molecule has 0 fully saturated rings. The number of hydrogen-bond donors (Lipinski definition) is 1. The third-order valence-electron chi connectivity index (χ3n) is 3.19. The lowest BCUT2D eigenvalue weighted by molar-refractivity contribution is 0.479. The van der Waals surface area contributed by atoms with Gasteiger partial charge in [-0.25, -0.2) is 0 Å². The van der Waals surface area contributed by atoms with E-state index in [-0.39, 0.29) is 0 Å². The average molecular weight is 270 g/mol. The lowest BCUT2D eigenvalue weighted by Gasteiger charge is -2.10. The molecule has 3 nitrogen and oxygen atoms in total. The zero-order chi connectivity index (χ0) is 14.5. The molecule has 2 aromatic rings. The Morgan fingerprint density at radius 2 is 1.80 bits per heavy atom. The highest BCUT2D eigenvalue weighted by Crippen LogP contribution is 2.23. The zero-order valence-corrected chi connectivity index (χ0v) is 12.6. The van der Waals surface area contributed by atoms with Crippen LogP contribution in [0.25, 0.3) is 0 Å². The molecule has 106 valence electrons. The van der Waals surface area contributed by atoms with Gasteiger partial charge in [-0.2, -0.15) is 0 Å². The van der Waals surface area contributed by atoms with Gasteiger partial charge in [-0.3, -0.25) is 4.98 Å². The van der Waals surface area contributed by atoms with Gasteiger partial charge in [0.25, 0.3) is 0 Å². The van der Waals surface area contributed by atoms with Crippen molar-refractivity contribution in [1.29, 1.82) is 0 Å². The van der Waals surface area contributed by atoms with Crippen LogP contribution in [0.3, 0.4) is 0 Å². The Morgan fingerprint density at radius 3 is 2.50 bits per heavy atom. The summed E-state index contributed by atoms with van der Waals surface area (Å²) in [6.07, 6.45) is 1.79. The Balaban J connectivity index is 2.08. The second-order valence-corrected chi connectivity index (χ2v) is 5.37. The van der Waals surface area contributed by atoms with Crippen molar-refractivity contribution in [3.8, 4) is 11.5 Å². The van der Waals surface area contributed by atoms with Crippen molar-refractivity contribution >= 4 is 0 Å². The van der Waals surface area contributed by atoms with Gasteiger partial charge in [0, 0.05) is 24.8 Å². The lowest BCUT2D eigenvalue weighted by atomic mass is 10.1. The molecule has 1 aromatic heterocycles. The van der Waals surface area contributed by atoms with Gasteiger partial charge in [0.2, 0.25) is 0 Å². The van der Waals surface area contributed by atoms with Gasteiger partial charge in [-0.05, 0) is 43.2 Å². The molecule has 0 saturated carbocycles. The van der Waals surface area contributed by atoms with Crippen molar-refractivity contribution in [2.45, 2.75) is 40.3 Å². The van der Waals surface area contributed by atoms with Crippen molar-refractivity contribution in [1.82, 2.24) is 10.3 Å². The molecule has 20 heavy (non-hydrogen) atoms. The van der Waals surface area contributed by atoms with Crippen LogP contribution in [0.2, 0.25) is 0 Å². The lowest BCUT2D eigenvalue weighted by Crippen LogP contribution is -2.22. The standard InChI is InChI=1S/C17H22N2O/c1-12(2)19-11-15-10-17(7-8-18-15)20-16-6-5-13(3)14(4)9-16/h5-10,12,19H,11H2,1-4H3. The highest BCUT2D eigenvalue weighted by molar-refractivity contribution is 5.37. The first kappa shape index (κ1) is 14.5.